The zero-order valence-electron chi connectivity index (χ0n) is 13.9. The first-order valence-corrected chi connectivity index (χ1v) is 8.26. The van der Waals surface area contributed by atoms with Gasteiger partial charge < -0.3 is 10.6 Å². The van der Waals surface area contributed by atoms with E-state index in [0.29, 0.717) is 16.6 Å². The molecule has 0 radical (unpaired) electrons. The van der Waals surface area contributed by atoms with Crippen LogP contribution < -0.4 is 10.6 Å². The molecule has 1 fully saturated rings. The maximum Gasteiger partial charge on any atom is 0.101 e. The summed E-state index contributed by atoms with van der Waals surface area (Å²) in [5.41, 5.74) is 2.50. The van der Waals surface area contributed by atoms with Gasteiger partial charge in [0, 0.05) is 18.3 Å². The van der Waals surface area contributed by atoms with Crippen LogP contribution in [0.15, 0.2) is 12.1 Å². The highest BCUT2D eigenvalue weighted by atomic mass is 35.5. The van der Waals surface area contributed by atoms with E-state index in [1.165, 1.54) is 12.8 Å². The Hall–Kier alpha value is -1.24. The van der Waals surface area contributed by atoms with E-state index in [-0.39, 0.29) is 0 Å². The third-order valence-corrected chi connectivity index (χ3v) is 3.70. The van der Waals surface area contributed by atoms with Crippen LogP contribution in [0.4, 0.5) is 5.69 Å². The Labute approximate surface area is 134 Å². The van der Waals surface area contributed by atoms with Crippen LogP contribution in [0.25, 0.3) is 0 Å². The second-order valence-electron chi connectivity index (χ2n) is 4.39. The normalized spacial score (nSPS) is 16.0. The first kappa shape index (κ1) is 19.8. The molecule has 0 unspecified atom stereocenters. The second kappa shape index (κ2) is 11.4. The molecule has 3 nitrogen and oxygen atoms in total. The molecular formula is C17H28ClN3. The number of benzene rings is 1. The molecule has 1 heterocycles. The van der Waals surface area contributed by atoms with Crippen molar-refractivity contribution in [3.63, 3.8) is 0 Å². The maximum atomic E-state index is 8.87. The fourth-order valence-electron chi connectivity index (χ4n) is 2.13. The Bertz CT molecular complexity index is 446. The summed E-state index contributed by atoms with van der Waals surface area (Å²) in [7, 11) is 0. The van der Waals surface area contributed by atoms with Gasteiger partial charge in [-0.2, -0.15) is 5.26 Å². The standard InChI is InChI=1S/C13H16ClN3.2C2H6/c1-9-12(5-4-10(7-15)13(9)14)17-8-11-3-2-6-16-11;2*1-2/h4-5,11,16-17H,2-3,6,8H2,1H3;2*1-2H3/t11-;;/m0../s1. The van der Waals surface area contributed by atoms with Crippen molar-refractivity contribution >= 4 is 17.3 Å². The second-order valence-corrected chi connectivity index (χ2v) is 4.76. The lowest BCUT2D eigenvalue weighted by molar-refractivity contribution is 0.633. The molecule has 0 spiro atoms. The molecule has 118 valence electrons. The predicted molar refractivity (Wildman–Crippen MR) is 93.1 cm³/mol. The summed E-state index contributed by atoms with van der Waals surface area (Å²) in [6.45, 7) is 12.0. The summed E-state index contributed by atoms with van der Waals surface area (Å²) in [6, 6.07) is 6.32. The first-order chi connectivity index (χ1) is 10.2. The average molecular weight is 310 g/mol. The van der Waals surface area contributed by atoms with Gasteiger partial charge in [-0.15, -0.1) is 0 Å². The monoisotopic (exact) mass is 309 g/mol. The highest BCUT2D eigenvalue weighted by Crippen LogP contribution is 2.27. The van der Waals surface area contributed by atoms with Crippen molar-refractivity contribution in [3.05, 3.63) is 28.3 Å². The smallest absolute Gasteiger partial charge is 0.101 e. The van der Waals surface area contributed by atoms with Crippen LogP contribution in [0, 0.1) is 18.3 Å². The molecule has 1 aromatic carbocycles. The molecule has 2 N–H and O–H groups in total. The summed E-state index contributed by atoms with van der Waals surface area (Å²) >= 11 is 6.12. The van der Waals surface area contributed by atoms with Gasteiger partial charge >= 0.3 is 0 Å². The fraction of sp³-hybridized carbons (Fsp3) is 0.588. The molecule has 0 amide bonds. The lowest BCUT2D eigenvalue weighted by Gasteiger charge is -2.15. The average Bonchev–Trinajstić information content (AvgIpc) is 3.06. The minimum Gasteiger partial charge on any atom is -0.383 e. The first-order valence-electron chi connectivity index (χ1n) is 7.89. The van der Waals surface area contributed by atoms with Gasteiger partial charge in [0.2, 0.25) is 0 Å². The topological polar surface area (TPSA) is 47.8 Å². The molecule has 4 heteroatoms. The molecule has 0 saturated carbocycles. The van der Waals surface area contributed by atoms with Crippen LogP contribution >= 0.6 is 11.6 Å². The molecule has 0 aromatic heterocycles. The highest BCUT2D eigenvalue weighted by molar-refractivity contribution is 6.32. The summed E-state index contributed by atoms with van der Waals surface area (Å²) in [5, 5.41) is 16.3. The van der Waals surface area contributed by atoms with Gasteiger partial charge in [0.1, 0.15) is 6.07 Å². The number of nitrogens with zero attached hydrogens (tertiary/aromatic N) is 1. The van der Waals surface area contributed by atoms with Crippen LogP contribution in [0.3, 0.4) is 0 Å². The van der Waals surface area contributed by atoms with Crippen LogP contribution in [0.5, 0.6) is 0 Å². The molecule has 1 aromatic rings. The van der Waals surface area contributed by atoms with Crippen molar-refractivity contribution in [2.24, 2.45) is 0 Å². The zero-order chi connectivity index (χ0) is 16.3. The minimum atomic E-state index is 0.536. The molecule has 21 heavy (non-hydrogen) atoms. The summed E-state index contributed by atoms with van der Waals surface area (Å²) in [6.07, 6.45) is 2.47. The summed E-state index contributed by atoms with van der Waals surface area (Å²) in [4.78, 5) is 0. The van der Waals surface area contributed by atoms with E-state index >= 15 is 0 Å². The van der Waals surface area contributed by atoms with Gasteiger partial charge in [-0.25, -0.2) is 0 Å². The molecule has 1 aliphatic heterocycles. The lowest BCUT2D eigenvalue weighted by atomic mass is 10.1. The zero-order valence-corrected chi connectivity index (χ0v) is 14.6. The third kappa shape index (κ3) is 5.95. The molecule has 0 aliphatic carbocycles. The van der Waals surface area contributed by atoms with Crippen molar-refractivity contribution < 1.29 is 0 Å². The summed E-state index contributed by atoms with van der Waals surface area (Å²) < 4.78 is 0. The van der Waals surface area contributed by atoms with Gasteiger partial charge in [0.05, 0.1) is 10.6 Å². The number of hydrogen-bond donors (Lipinski definition) is 2. The number of nitriles is 1. The number of hydrogen-bond acceptors (Lipinski definition) is 3. The van der Waals surface area contributed by atoms with Gasteiger partial charge in [0.15, 0.2) is 0 Å². The SMILES string of the molecule is CC.CC.Cc1c(NC[C@@H]2CCCN2)ccc(C#N)c1Cl. The highest BCUT2D eigenvalue weighted by Gasteiger charge is 2.14. The summed E-state index contributed by atoms with van der Waals surface area (Å²) in [5.74, 6) is 0. The van der Waals surface area contributed by atoms with E-state index in [9.17, 15) is 0 Å². The van der Waals surface area contributed by atoms with Crippen molar-refractivity contribution in [3.8, 4) is 6.07 Å². The molecule has 2 rings (SSSR count). The number of anilines is 1. The van der Waals surface area contributed by atoms with E-state index in [1.807, 2.05) is 40.7 Å². The lowest BCUT2D eigenvalue weighted by Crippen LogP contribution is -2.29. The van der Waals surface area contributed by atoms with Gasteiger partial charge in [0.25, 0.3) is 0 Å². The Morgan fingerprint density at radius 3 is 2.52 bits per heavy atom. The van der Waals surface area contributed by atoms with Crippen molar-refractivity contribution in [2.45, 2.75) is 53.5 Å². The van der Waals surface area contributed by atoms with E-state index in [2.05, 4.69) is 16.7 Å². The van der Waals surface area contributed by atoms with Crippen LogP contribution in [0.1, 0.15) is 51.7 Å². The van der Waals surface area contributed by atoms with E-state index < -0.39 is 0 Å². The Balaban J connectivity index is 0.000000921. The maximum absolute atomic E-state index is 8.87. The molecule has 0 bridgehead atoms. The van der Waals surface area contributed by atoms with Crippen molar-refractivity contribution in [2.75, 3.05) is 18.4 Å². The van der Waals surface area contributed by atoms with Crippen molar-refractivity contribution in [1.82, 2.24) is 5.32 Å². The van der Waals surface area contributed by atoms with Crippen LogP contribution in [0.2, 0.25) is 5.02 Å². The minimum absolute atomic E-state index is 0.536. The fourth-order valence-corrected chi connectivity index (χ4v) is 2.33. The van der Waals surface area contributed by atoms with E-state index in [1.54, 1.807) is 6.07 Å². The third-order valence-electron chi connectivity index (χ3n) is 3.21. The van der Waals surface area contributed by atoms with Gasteiger partial charge in [-0.05, 0) is 44.0 Å². The quantitative estimate of drug-likeness (QED) is 0.848. The van der Waals surface area contributed by atoms with Gasteiger partial charge in [-0.3, -0.25) is 0 Å². The van der Waals surface area contributed by atoms with E-state index in [4.69, 9.17) is 16.9 Å². The van der Waals surface area contributed by atoms with Crippen LogP contribution in [-0.2, 0) is 0 Å². The number of rotatable bonds is 3. The molecule has 1 aliphatic rings. The number of halogens is 1. The van der Waals surface area contributed by atoms with Crippen molar-refractivity contribution in [1.29, 1.82) is 5.26 Å². The predicted octanol–water partition coefficient (Wildman–Crippen LogP) is 4.74. The van der Waals surface area contributed by atoms with Crippen LogP contribution in [-0.4, -0.2) is 19.1 Å². The number of nitrogens with one attached hydrogen (secondary N) is 2. The Morgan fingerprint density at radius 2 is 2.00 bits per heavy atom. The Kier molecular flexibility index (Phi) is 10.7. The molecule has 1 atom stereocenters. The van der Waals surface area contributed by atoms with Gasteiger partial charge in [-0.1, -0.05) is 39.3 Å². The molecule has 1 saturated heterocycles. The van der Waals surface area contributed by atoms with E-state index in [0.717, 1.165) is 24.3 Å². The Morgan fingerprint density at radius 1 is 1.33 bits per heavy atom. The molecular weight excluding hydrogens is 282 g/mol. The largest absolute Gasteiger partial charge is 0.383 e.